The number of benzene rings is 1. The van der Waals surface area contributed by atoms with Crippen LogP contribution in [0.1, 0.15) is 20.8 Å². The van der Waals surface area contributed by atoms with Crippen LogP contribution in [0.25, 0.3) is 0 Å². The van der Waals surface area contributed by atoms with Crippen molar-refractivity contribution in [2.75, 3.05) is 18.5 Å². The van der Waals surface area contributed by atoms with Crippen LogP contribution in [-0.4, -0.2) is 13.6 Å². The van der Waals surface area contributed by atoms with Crippen molar-refractivity contribution in [1.82, 2.24) is 0 Å². The van der Waals surface area contributed by atoms with Gasteiger partial charge in [0.1, 0.15) is 0 Å². The minimum absolute atomic E-state index is 1.01. The number of hydrogen-bond acceptors (Lipinski definition) is 1. The highest BCUT2D eigenvalue weighted by Gasteiger charge is 2.00. The van der Waals surface area contributed by atoms with Crippen molar-refractivity contribution in [2.45, 2.75) is 20.8 Å². The van der Waals surface area contributed by atoms with Crippen LogP contribution < -0.4 is 4.90 Å². The fourth-order valence-electron chi connectivity index (χ4n) is 1.29. The van der Waals surface area contributed by atoms with Crippen LogP contribution in [0.4, 0.5) is 5.69 Å². The second-order valence-electron chi connectivity index (χ2n) is 3.97. The summed E-state index contributed by atoms with van der Waals surface area (Å²) in [4.78, 5) is 2.27. The van der Waals surface area contributed by atoms with Gasteiger partial charge in [0.05, 0.1) is 0 Å². The van der Waals surface area contributed by atoms with Crippen LogP contribution in [0.15, 0.2) is 41.5 Å². The van der Waals surface area contributed by atoms with Crippen LogP contribution in [0.3, 0.4) is 0 Å². The average molecular weight is 189 g/mol. The summed E-state index contributed by atoms with van der Waals surface area (Å²) in [6.45, 7) is 7.52. The molecule has 0 aliphatic carbocycles. The first-order valence-electron chi connectivity index (χ1n) is 5.00. The number of nitrogens with zero attached hydrogens (tertiary/aromatic N) is 1. The molecule has 14 heavy (non-hydrogen) atoms. The van der Waals surface area contributed by atoms with Gasteiger partial charge < -0.3 is 4.90 Å². The molecule has 1 aromatic rings. The van der Waals surface area contributed by atoms with Gasteiger partial charge in [-0.25, -0.2) is 0 Å². The third kappa shape index (κ3) is 2.91. The zero-order valence-corrected chi connectivity index (χ0v) is 9.54. The lowest BCUT2D eigenvalue weighted by atomic mass is 10.1. The lowest BCUT2D eigenvalue weighted by molar-refractivity contribution is 0.964. The van der Waals surface area contributed by atoms with Crippen LogP contribution in [0.5, 0.6) is 0 Å². The van der Waals surface area contributed by atoms with Gasteiger partial charge in [0.25, 0.3) is 0 Å². The first-order chi connectivity index (χ1) is 6.61. The van der Waals surface area contributed by atoms with E-state index in [1.54, 1.807) is 0 Å². The second kappa shape index (κ2) is 4.85. The number of anilines is 1. The molecular weight excluding hydrogens is 170 g/mol. The van der Waals surface area contributed by atoms with Crippen molar-refractivity contribution in [3.05, 3.63) is 41.5 Å². The van der Waals surface area contributed by atoms with Crippen molar-refractivity contribution >= 4 is 5.69 Å². The molecule has 0 N–H and O–H groups in total. The first kappa shape index (κ1) is 10.8. The maximum absolute atomic E-state index is 2.27. The van der Waals surface area contributed by atoms with E-state index in [1.165, 1.54) is 16.8 Å². The lowest BCUT2D eigenvalue weighted by Gasteiger charge is -2.20. The highest BCUT2D eigenvalue weighted by molar-refractivity contribution is 5.46. The van der Waals surface area contributed by atoms with Gasteiger partial charge in [-0.1, -0.05) is 29.3 Å². The molecule has 0 fully saturated rings. The van der Waals surface area contributed by atoms with Crippen LogP contribution in [0, 0.1) is 0 Å². The van der Waals surface area contributed by atoms with Crippen molar-refractivity contribution in [3.8, 4) is 0 Å². The van der Waals surface area contributed by atoms with E-state index < -0.39 is 0 Å². The van der Waals surface area contributed by atoms with Gasteiger partial charge in [-0.15, -0.1) is 0 Å². The maximum Gasteiger partial charge on any atom is 0.0385 e. The van der Waals surface area contributed by atoms with Gasteiger partial charge >= 0.3 is 0 Å². The van der Waals surface area contributed by atoms with E-state index in [0.717, 1.165) is 6.54 Å². The fourth-order valence-corrected chi connectivity index (χ4v) is 1.29. The van der Waals surface area contributed by atoms with E-state index in [1.807, 2.05) is 6.07 Å². The summed E-state index contributed by atoms with van der Waals surface area (Å²) in [5.41, 5.74) is 4.12. The molecule has 0 unspecified atom stereocenters. The molecule has 0 bridgehead atoms. The Balaban J connectivity index is 2.69. The average Bonchev–Trinajstić information content (AvgIpc) is 2.19. The van der Waals surface area contributed by atoms with E-state index in [4.69, 9.17) is 0 Å². The molecule has 1 nitrogen and oxygen atoms in total. The van der Waals surface area contributed by atoms with E-state index in [2.05, 4.69) is 57.0 Å². The second-order valence-corrected chi connectivity index (χ2v) is 3.97. The van der Waals surface area contributed by atoms with Crippen molar-refractivity contribution in [2.24, 2.45) is 0 Å². The van der Waals surface area contributed by atoms with Gasteiger partial charge in [0, 0.05) is 19.3 Å². The normalized spacial score (nSPS) is 9.71. The van der Waals surface area contributed by atoms with Crippen molar-refractivity contribution < 1.29 is 0 Å². The molecule has 0 radical (unpaired) electrons. The van der Waals surface area contributed by atoms with Crippen molar-refractivity contribution in [1.29, 1.82) is 0 Å². The Morgan fingerprint density at radius 1 is 1.07 bits per heavy atom. The molecule has 0 spiro atoms. The molecule has 1 heteroatoms. The summed E-state index contributed by atoms with van der Waals surface area (Å²) in [6, 6.07) is 10.5. The molecule has 76 valence electrons. The number of hydrogen-bond donors (Lipinski definition) is 0. The molecule has 0 saturated heterocycles. The smallest absolute Gasteiger partial charge is 0.0385 e. The van der Waals surface area contributed by atoms with Gasteiger partial charge in [-0.2, -0.15) is 0 Å². The topological polar surface area (TPSA) is 3.24 Å². The number of rotatable bonds is 3. The molecule has 1 rings (SSSR count). The molecule has 0 aromatic heterocycles. The fraction of sp³-hybridized carbons (Fsp3) is 0.385. The third-order valence-corrected chi connectivity index (χ3v) is 2.52. The standard InChI is InChI=1S/C13H19N/c1-11(2)12(3)10-14(4)13-8-6-5-7-9-13/h5-9H,10H2,1-4H3. The predicted octanol–water partition coefficient (Wildman–Crippen LogP) is 3.48. The Bertz CT molecular complexity index is 307. The summed E-state index contributed by atoms with van der Waals surface area (Å²) < 4.78 is 0. The molecular formula is C13H19N. The van der Waals surface area contributed by atoms with Gasteiger partial charge in [-0.3, -0.25) is 0 Å². The summed E-state index contributed by atoms with van der Waals surface area (Å²) in [5.74, 6) is 0. The summed E-state index contributed by atoms with van der Waals surface area (Å²) in [7, 11) is 2.13. The van der Waals surface area contributed by atoms with Crippen LogP contribution >= 0.6 is 0 Å². The molecule has 1 aromatic carbocycles. The molecule has 0 amide bonds. The maximum atomic E-state index is 2.27. The Morgan fingerprint density at radius 3 is 2.14 bits per heavy atom. The lowest BCUT2D eigenvalue weighted by Crippen LogP contribution is -2.19. The van der Waals surface area contributed by atoms with E-state index in [9.17, 15) is 0 Å². The molecule has 0 heterocycles. The highest BCUT2D eigenvalue weighted by atomic mass is 15.1. The van der Waals surface area contributed by atoms with Gasteiger partial charge in [-0.05, 0) is 32.9 Å². The molecule has 0 saturated carbocycles. The number of likely N-dealkylation sites (N-methyl/N-ethyl adjacent to an activating group) is 1. The van der Waals surface area contributed by atoms with E-state index >= 15 is 0 Å². The highest BCUT2D eigenvalue weighted by Crippen LogP contribution is 2.13. The zero-order chi connectivity index (χ0) is 10.6. The molecule has 0 atom stereocenters. The predicted molar refractivity (Wildman–Crippen MR) is 63.8 cm³/mol. The summed E-state index contributed by atoms with van der Waals surface area (Å²) in [6.07, 6.45) is 0. The quantitative estimate of drug-likeness (QED) is 0.658. The number of allylic oxidation sites excluding steroid dienone is 1. The Labute approximate surface area is 87.1 Å². The Morgan fingerprint density at radius 2 is 1.64 bits per heavy atom. The molecule has 0 aliphatic rings. The SMILES string of the molecule is CC(C)=C(C)CN(C)c1ccccc1. The molecule has 0 aliphatic heterocycles. The van der Waals surface area contributed by atoms with Crippen molar-refractivity contribution in [3.63, 3.8) is 0 Å². The monoisotopic (exact) mass is 189 g/mol. The van der Waals surface area contributed by atoms with Crippen LogP contribution in [0.2, 0.25) is 0 Å². The largest absolute Gasteiger partial charge is 0.371 e. The van der Waals surface area contributed by atoms with Gasteiger partial charge in [0.15, 0.2) is 0 Å². The zero-order valence-electron chi connectivity index (χ0n) is 9.54. The van der Waals surface area contributed by atoms with Crippen LogP contribution in [-0.2, 0) is 0 Å². The van der Waals surface area contributed by atoms with Gasteiger partial charge in [0.2, 0.25) is 0 Å². The minimum Gasteiger partial charge on any atom is -0.371 e. The summed E-state index contributed by atoms with van der Waals surface area (Å²) >= 11 is 0. The first-order valence-corrected chi connectivity index (χ1v) is 5.00. The summed E-state index contributed by atoms with van der Waals surface area (Å²) in [5, 5.41) is 0. The number of para-hydroxylation sites is 1. The Kier molecular flexibility index (Phi) is 3.75. The van der Waals surface area contributed by atoms with E-state index in [0.29, 0.717) is 0 Å². The van der Waals surface area contributed by atoms with E-state index in [-0.39, 0.29) is 0 Å². The minimum atomic E-state index is 1.01. The third-order valence-electron chi connectivity index (χ3n) is 2.52. The Hall–Kier alpha value is -1.24.